The number of hydrogen-bond donors (Lipinski definition) is 2. The molecule has 2 N–H and O–H groups in total. The average molecular weight is 421 g/mol. The highest BCUT2D eigenvalue weighted by molar-refractivity contribution is 6.22. The third kappa shape index (κ3) is 4.66. The molecule has 0 saturated heterocycles. The first kappa shape index (κ1) is 22.2. The molecule has 2 aromatic rings. The zero-order valence-corrected chi connectivity index (χ0v) is 18.2. The van der Waals surface area contributed by atoms with E-state index in [0.717, 1.165) is 10.5 Å². The summed E-state index contributed by atoms with van der Waals surface area (Å²) in [6.07, 6.45) is 0. The molecule has 3 rings (SSSR count). The summed E-state index contributed by atoms with van der Waals surface area (Å²) < 4.78 is 0. The fourth-order valence-corrected chi connectivity index (χ4v) is 3.41. The van der Waals surface area contributed by atoms with E-state index in [2.05, 4.69) is 31.4 Å². The van der Waals surface area contributed by atoms with Crippen molar-refractivity contribution in [2.24, 2.45) is 0 Å². The van der Waals surface area contributed by atoms with Gasteiger partial charge in [0.1, 0.15) is 6.04 Å². The summed E-state index contributed by atoms with van der Waals surface area (Å²) in [5, 5.41) is 5.41. The second kappa shape index (κ2) is 8.71. The minimum absolute atomic E-state index is 0.00938. The summed E-state index contributed by atoms with van der Waals surface area (Å²) in [5.74, 6) is -1.65. The van der Waals surface area contributed by atoms with Gasteiger partial charge in [0.2, 0.25) is 5.91 Å². The highest BCUT2D eigenvalue weighted by Gasteiger charge is 2.40. The standard InChI is InChI=1S/C24H27N3O4/c1-15(27-22(30)18-7-5-6-8-19(18)23(27)31)20(28)25-13-14-26-21(29)16-9-11-17(12-10-16)24(2,3)4/h5-12,15H,13-14H2,1-4H3,(H,25,28)(H,26,29). The highest BCUT2D eigenvalue weighted by Crippen LogP contribution is 2.24. The van der Waals surface area contributed by atoms with Gasteiger partial charge in [-0.05, 0) is 42.2 Å². The number of rotatable bonds is 6. The van der Waals surface area contributed by atoms with E-state index in [1.165, 1.54) is 6.92 Å². The van der Waals surface area contributed by atoms with Crippen LogP contribution in [0.1, 0.15) is 64.3 Å². The van der Waals surface area contributed by atoms with Gasteiger partial charge in [-0.15, -0.1) is 0 Å². The van der Waals surface area contributed by atoms with Crippen molar-refractivity contribution in [3.05, 3.63) is 70.8 Å². The fraction of sp³-hybridized carbons (Fsp3) is 0.333. The molecule has 1 aliphatic rings. The van der Waals surface area contributed by atoms with Crippen LogP contribution in [0.15, 0.2) is 48.5 Å². The SMILES string of the molecule is CC(C(=O)NCCNC(=O)c1ccc(C(C)(C)C)cc1)N1C(=O)c2ccccc2C1=O. The molecule has 0 radical (unpaired) electrons. The van der Waals surface area contributed by atoms with Crippen LogP contribution in [0.3, 0.4) is 0 Å². The molecule has 1 heterocycles. The average Bonchev–Trinajstić information content (AvgIpc) is 3.00. The molecule has 0 fully saturated rings. The van der Waals surface area contributed by atoms with Crippen LogP contribution < -0.4 is 10.6 Å². The molecule has 7 nitrogen and oxygen atoms in total. The zero-order valence-electron chi connectivity index (χ0n) is 18.2. The van der Waals surface area contributed by atoms with Crippen LogP contribution in [0, 0.1) is 0 Å². The van der Waals surface area contributed by atoms with E-state index in [4.69, 9.17) is 0 Å². The van der Waals surface area contributed by atoms with Gasteiger partial charge in [0, 0.05) is 18.7 Å². The molecule has 4 amide bonds. The molecule has 1 unspecified atom stereocenters. The summed E-state index contributed by atoms with van der Waals surface area (Å²) in [4.78, 5) is 50.7. The van der Waals surface area contributed by atoms with Gasteiger partial charge in [-0.1, -0.05) is 45.0 Å². The van der Waals surface area contributed by atoms with Gasteiger partial charge in [-0.2, -0.15) is 0 Å². The van der Waals surface area contributed by atoms with Crippen molar-refractivity contribution in [1.29, 1.82) is 0 Å². The molecule has 162 valence electrons. The summed E-state index contributed by atoms with van der Waals surface area (Å²) >= 11 is 0. The number of nitrogens with one attached hydrogen (secondary N) is 2. The second-order valence-electron chi connectivity index (χ2n) is 8.58. The van der Waals surface area contributed by atoms with Crippen molar-refractivity contribution in [1.82, 2.24) is 15.5 Å². The number of carbonyl (C=O) groups is 4. The first-order valence-electron chi connectivity index (χ1n) is 10.2. The van der Waals surface area contributed by atoms with Gasteiger partial charge in [0.05, 0.1) is 11.1 Å². The van der Waals surface area contributed by atoms with Crippen LogP contribution in [-0.4, -0.2) is 47.7 Å². The number of nitrogens with zero attached hydrogens (tertiary/aromatic N) is 1. The van der Waals surface area contributed by atoms with Gasteiger partial charge >= 0.3 is 0 Å². The number of benzene rings is 2. The van der Waals surface area contributed by atoms with Crippen LogP contribution in [0.5, 0.6) is 0 Å². The lowest BCUT2D eigenvalue weighted by Crippen LogP contribution is -2.49. The highest BCUT2D eigenvalue weighted by atomic mass is 16.2. The lowest BCUT2D eigenvalue weighted by molar-refractivity contribution is -0.124. The molecular weight excluding hydrogens is 394 g/mol. The largest absolute Gasteiger partial charge is 0.353 e. The van der Waals surface area contributed by atoms with Crippen molar-refractivity contribution in [2.45, 2.75) is 39.2 Å². The Morgan fingerprint density at radius 1 is 0.871 bits per heavy atom. The summed E-state index contributed by atoms with van der Waals surface area (Å²) in [7, 11) is 0. The first-order valence-corrected chi connectivity index (χ1v) is 10.2. The van der Waals surface area contributed by atoms with Crippen molar-refractivity contribution >= 4 is 23.6 Å². The Hall–Kier alpha value is -3.48. The molecule has 2 aromatic carbocycles. The Bertz CT molecular complexity index is 987. The van der Waals surface area contributed by atoms with Crippen LogP contribution >= 0.6 is 0 Å². The van der Waals surface area contributed by atoms with E-state index in [9.17, 15) is 19.2 Å². The summed E-state index contributed by atoms with van der Waals surface area (Å²) in [6.45, 7) is 8.22. The normalized spacial score (nSPS) is 14.3. The van der Waals surface area contributed by atoms with Gasteiger partial charge in [-0.3, -0.25) is 24.1 Å². The Morgan fingerprint density at radius 3 is 1.90 bits per heavy atom. The monoisotopic (exact) mass is 421 g/mol. The quantitative estimate of drug-likeness (QED) is 0.553. The molecule has 0 saturated carbocycles. The molecule has 0 spiro atoms. The van der Waals surface area contributed by atoms with Crippen molar-refractivity contribution in [3.8, 4) is 0 Å². The number of fused-ring (bicyclic) bond motifs is 1. The molecule has 0 aromatic heterocycles. The van der Waals surface area contributed by atoms with Crippen molar-refractivity contribution < 1.29 is 19.2 Å². The van der Waals surface area contributed by atoms with E-state index >= 15 is 0 Å². The second-order valence-corrected chi connectivity index (χ2v) is 8.58. The smallest absolute Gasteiger partial charge is 0.262 e. The predicted molar refractivity (Wildman–Crippen MR) is 117 cm³/mol. The van der Waals surface area contributed by atoms with Gasteiger partial charge in [0.25, 0.3) is 17.7 Å². The van der Waals surface area contributed by atoms with Gasteiger partial charge in [-0.25, -0.2) is 0 Å². The number of imide groups is 1. The maximum absolute atomic E-state index is 12.5. The van der Waals surface area contributed by atoms with E-state index in [1.54, 1.807) is 36.4 Å². The molecule has 31 heavy (non-hydrogen) atoms. The minimum Gasteiger partial charge on any atom is -0.353 e. The number of amides is 4. The molecule has 0 aliphatic carbocycles. The lowest BCUT2D eigenvalue weighted by atomic mass is 9.87. The molecule has 0 bridgehead atoms. The third-order valence-corrected chi connectivity index (χ3v) is 5.32. The topological polar surface area (TPSA) is 95.6 Å². The number of hydrogen-bond acceptors (Lipinski definition) is 4. The fourth-order valence-electron chi connectivity index (χ4n) is 3.41. The maximum Gasteiger partial charge on any atom is 0.262 e. The first-order chi connectivity index (χ1) is 14.6. The van der Waals surface area contributed by atoms with Gasteiger partial charge in [0.15, 0.2) is 0 Å². The zero-order chi connectivity index (χ0) is 22.8. The summed E-state index contributed by atoms with van der Waals surface area (Å²) in [5.41, 5.74) is 2.29. The van der Waals surface area contributed by atoms with E-state index in [1.807, 2.05) is 12.1 Å². The Balaban J connectivity index is 1.49. The van der Waals surface area contributed by atoms with E-state index in [-0.39, 0.29) is 24.4 Å². The van der Waals surface area contributed by atoms with Gasteiger partial charge < -0.3 is 10.6 Å². The molecular formula is C24H27N3O4. The van der Waals surface area contributed by atoms with Crippen molar-refractivity contribution in [2.75, 3.05) is 13.1 Å². The number of carbonyl (C=O) groups excluding carboxylic acids is 4. The Labute approximate surface area is 181 Å². The van der Waals surface area contributed by atoms with E-state index < -0.39 is 23.8 Å². The lowest BCUT2D eigenvalue weighted by Gasteiger charge is -2.21. The molecule has 1 aliphatic heterocycles. The predicted octanol–water partition coefficient (Wildman–Crippen LogP) is 2.51. The minimum atomic E-state index is -0.951. The molecule has 7 heteroatoms. The van der Waals surface area contributed by atoms with Crippen molar-refractivity contribution in [3.63, 3.8) is 0 Å². The Kier molecular flexibility index (Phi) is 6.24. The van der Waals surface area contributed by atoms with Crippen LogP contribution in [0.2, 0.25) is 0 Å². The van der Waals surface area contributed by atoms with Crippen LogP contribution in [0.25, 0.3) is 0 Å². The van der Waals surface area contributed by atoms with Crippen LogP contribution in [0.4, 0.5) is 0 Å². The summed E-state index contributed by atoms with van der Waals surface area (Å²) in [6, 6.07) is 13.0. The van der Waals surface area contributed by atoms with Crippen LogP contribution in [-0.2, 0) is 10.2 Å². The maximum atomic E-state index is 12.5. The van der Waals surface area contributed by atoms with E-state index in [0.29, 0.717) is 16.7 Å². The third-order valence-electron chi connectivity index (χ3n) is 5.32. The Morgan fingerprint density at radius 2 is 1.39 bits per heavy atom. The molecule has 1 atom stereocenters.